The van der Waals surface area contributed by atoms with Crippen LogP contribution >= 0.6 is 11.3 Å². The molecule has 0 radical (unpaired) electrons. The van der Waals surface area contributed by atoms with Gasteiger partial charge in [-0.1, -0.05) is 26.0 Å². The number of rotatable bonds is 5. The van der Waals surface area contributed by atoms with Crippen LogP contribution in [0.5, 0.6) is 0 Å². The quantitative estimate of drug-likeness (QED) is 0.602. The molecule has 2 amide bonds. The number of benzene rings is 1. The predicted molar refractivity (Wildman–Crippen MR) is 117 cm³/mol. The number of anilines is 1. The van der Waals surface area contributed by atoms with Crippen molar-refractivity contribution in [3.8, 4) is 11.3 Å². The Bertz CT molecular complexity index is 1090. The summed E-state index contributed by atoms with van der Waals surface area (Å²) in [6.07, 6.45) is 3.59. The van der Waals surface area contributed by atoms with Crippen LogP contribution in [0.3, 0.4) is 0 Å². The fourth-order valence-corrected chi connectivity index (χ4v) is 3.98. The third-order valence-corrected chi connectivity index (χ3v) is 5.52. The Kier molecular flexibility index (Phi) is 6.84. The van der Waals surface area contributed by atoms with Gasteiger partial charge in [-0.05, 0) is 24.1 Å². The monoisotopic (exact) mass is 446 g/mol. The van der Waals surface area contributed by atoms with Crippen LogP contribution in [0.1, 0.15) is 41.8 Å². The maximum Gasteiger partial charge on any atom is 0.273 e. The summed E-state index contributed by atoms with van der Waals surface area (Å²) in [5.41, 5.74) is 2.28. The number of amides is 2. The molecule has 9 heteroatoms. The zero-order chi connectivity index (χ0) is 22.6. The van der Waals surface area contributed by atoms with Gasteiger partial charge in [0, 0.05) is 42.4 Å². The molecular weight excluding hydrogens is 422 g/mol. The minimum atomic E-state index is -2.81. The van der Waals surface area contributed by atoms with Crippen molar-refractivity contribution in [3.63, 3.8) is 0 Å². The molecule has 0 atom stereocenters. The lowest BCUT2D eigenvalue weighted by atomic mass is 10.0. The van der Waals surface area contributed by atoms with Crippen molar-refractivity contribution in [1.82, 2.24) is 14.9 Å². The number of aryl methyl sites for hydroxylation is 2. The number of hydrogen-bond donors (Lipinski definition) is 2. The molecule has 0 bridgehead atoms. The molecule has 0 aliphatic heterocycles. The van der Waals surface area contributed by atoms with Gasteiger partial charge in [0.05, 0.1) is 17.8 Å². The second-order valence-electron chi connectivity index (χ2n) is 6.91. The molecule has 0 unspecified atom stereocenters. The molecule has 164 valence electrons. The molecule has 3 aromatic rings. The number of aromatic nitrogens is 2. The first-order valence-corrected chi connectivity index (χ1v) is 10.9. The SMILES string of the molecule is CC.Cn1ccc(C(=O)NCC(=O)Nc2nc(-c3ccc4c(c3)C(F)(F)CC4)cs2)c1. The highest BCUT2D eigenvalue weighted by molar-refractivity contribution is 7.14. The Labute approximate surface area is 183 Å². The van der Waals surface area contributed by atoms with Crippen LogP contribution in [-0.2, 0) is 24.2 Å². The lowest BCUT2D eigenvalue weighted by molar-refractivity contribution is -0.115. The standard InChI is InChI=1S/C20H18F2N4O2S.C2H6/c1-26-7-5-14(10-26)18(28)23-9-17(27)25-19-24-16(11-29-19)13-3-2-12-4-6-20(21,22)15(12)8-13;1-2/h2-3,5,7-8,10-11H,4,6,9H2,1H3,(H,23,28)(H,24,25,27);1-2H3. The summed E-state index contributed by atoms with van der Waals surface area (Å²) in [6, 6.07) is 6.60. The van der Waals surface area contributed by atoms with Crippen LogP contribution in [0.25, 0.3) is 11.3 Å². The Morgan fingerprint density at radius 1 is 1.26 bits per heavy atom. The third kappa shape index (κ3) is 5.16. The van der Waals surface area contributed by atoms with Crippen LogP contribution in [0, 0.1) is 0 Å². The number of nitrogens with zero attached hydrogens (tertiary/aromatic N) is 2. The topological polar surface area (TPSA) is 76.0 Å². The summed E-state index contributed by atoms with van der Waals surface area (Å²) < 4.78 is 29.7. The van der Waals surface area contributed by atoms with Crippen LogP contribution in [0.4, 0.5) is 13.9 Å². The molecule has 0 saturated heterocycles. The first kappa shape index (κ1) is 22.6. The van der Waals surface area contributed by atoms with Crippen LogP contribution in [0.15, 0.2) is 42.0 Å². The first-order valence-electron chi connectivity index (χ1n) is 9.99. The molecule has 1 aromatic carbocycles. The summed E-state index contributed by atoms with van der Waals surface area (Å²) in [4.78, 5) is 28.4. The van der Waals surface area contributed by atoms with Gasteiger partial charge in [0.15, 0.2) is 5.13 Å². The van der Waals surface area contributed by atoms with Gasteiger partial charge in [-0.25, -0.2) is 13.8 Å². The van der Waals surface area contributed by atoms with Crippen LogP contribution < -0.4 is 10.6 Å². The predicted octanol–water partition coefficient (Wildman–Crippen LogP) is 4.58. The second-order valence-corrected chi connectivity index (χ2v) is 7.77. The lowest BCUT2D eigenvalue weighted by Crippen LogP contribution is -2.32. The molecule has 6 nitrogen and oxygen atoms in total. The highest BCUT2D eigenvalue weighted by Gasteiger charge is 2.39. The van der Waals surface area contributed by atoms with E-state index >= 15 is 0 Å². The summed E-state index contributed by atoms with van der Waals surface area (Å²) in [6.45, 7) is 3.80. The molecular formula is C22H24F2N4O2S. The van der Waals surface area contributed by atoms with Gasteiger partial charge in [0.2, 0.25) is 5.91 Å². The van der Waals surface area contributed by atoms with Gasteiger partial charge in [0.25, 0.3) is 11.8 Å². The average Bonchev–Trinajstić information content (AvgIpc) is 3.47. The molecule has 2 N–H and O–H groups in total. The summed E-state index contributed by atoms with van der Waals surface area (Å²) >= 11 is 1.19. The number of carbonyl (C=O) groups is 2. The summed E-state index contributed by atoms with van der Waals surface area (Å²) in [5.74, 6) is -3.58. The highest BCUT2D eigenvalue weighted by Crippen LogP contribution is 2.43. The second kappa shape index (κ2) is 9.38. The number of alkyl halides is 2. The molecule has 31 heavy (non-hydrogen) atoms. The summed E-state index contributed by atoms with van der Waals surface area (Å²) in [7, 11) is 1.80. The van der Waals surface area contributed by atoms with E-state index in [1.54, 1.807) is 47.6 Å². The lowest BCUT2D eigenvalue weighted by Gasteiger charge is -2.10. The molecule has 0 saturated carbocycles. The Morgan fingerprint density at radius 2 is 2.03 bits per heavy atom. The first-order chi connectivity index (χ1) is 14.8. The van der Waals surface area contributed by atoms with Crippen molar-refractivity contribution >= 4 is 28.3 Å². The molecule has 1 aliphatic carbocycles. The molecule has 4 rings (SSSR count). The van der Waals surface area contributed by atoms with Gasteiger partial charge in [-0.2, -0.15) is 0 Å². The number of nitrogens with one attached hydrogen (secondary N) is 2. The van der Waals surface area contributed by atoms with Crippen LogP contribution in [0.2, 0.25) is 0 Å². The van der Waals surface area contributed by atoms with Gasteiger partial charge in [0.1, 0.15) is 0 Å². The number of hydrogen-bond acceptors (Lipinski definition) is 4. The van der Waals surface area contributed by atoms with E-state index in [1.807, 2.05) is 13.8 Å². The molecule has 0 spiro atoms. The van der Waals surface area contributed by atoms with E-state index in [2.05, 4.69) is 15.6 Å². The maximum atomic E-state index is 14.0. The van der Waals surface area contributed by atoms with E-state index in [0.717, 1.165) is 0 Å². The smallest absolute Gasteiger partial charge is 0.273 e. The fraction of sp³-hybridized carbons (Fsp3) is 0.318. The van der Waals surface area contributed by atoms with E-state index in [9.17, 15) is 18.4 Å². The largest absolute Gasteiger partial charge is 0.356 e. The van der Waals surface area contributed by atoms with Crippen molar-refractivity contribution in [1.29, 1.82) is 0 Å². The van der Waals surface area contributed by atoms with Gasteiger partial charge < -0.3 is 15.2 Å². The van der Waals surface area contributed by atoms with Crippen molar-refractivity contribution in [3.05, 3.63) is 58.7 Å². The van der Waals surface area contributed by atoms with E-state index in [4.69, 9.17) is 0 Å². The van der Waals surface area contributed by atoms with Crippen molar-refractivity contribution in [2.75, 3.05) is 11.9 Å². The summed E-state index contributed by atoms with van der Waals surface area (Å²) in [5, 5.41) is 7.19. The van der Waals surface area contributed by atoms with Crippen molar-refractivity contribution in [2.24, 2.45) is 7.05 Å². The van der Waals surface area contributed by atoms with E-state index < -0.39 is 11.8 Å². The number of thiazole rings is 1. The normalized spacial score (nSPS) is 13.7. The number of carbonyl (C=O) groups excluding carboxylic acids is 2. The van der Waals surface area contributed by atoms with E-state index in [0.29, 0.717) is 33.9 Å². The van der Waals surface area contributed by atoms with E-state index in [1.165, 1.54) is 17.4 Å². The minimum absolute atomic E-state index is 0.0530. The maximum absolute atomic E-state index is 14.0. The Hall–Kier alpha value is -3.07. The van der Waals surface area contributed by atoms with Crippen LogP contribution in [-0.4, -0.2) is 27.9 Å². The molecule has 2 aromatic heterocycles. The number of halogens is 2. The van der Waals surface area contributed by atoms with Crippen molar-refractivity contribution in [2.45, 2.75) is 32.6 Å². The minimum Gasteiger partial charge on any atom is -0.356 e. The molecule has 1 aliphatic rings. The fourth-order valence-electron chi connectivity index (χ4n) is 3.25. The van der Waals surface area contributed by atoms with Gasteiger partial charge >= 0.3 is 0 Å². The average molecular weight is 447 g/mol. The van der Waals surface area contributed by atoms with Crippen molar-refractivity contribution < 1.29 is 18.4 Å². The Balaban J connectivity index is 0.00000132. The Morgan fingerprint density at radius 3 is 2.74 bits per heavy atom. The van der Waals surface area contributed by atoms with E-state index in [-0.39, 0.29) is 24.4 Å². The van der Waals surface area contributed by atoms with Gasteiger partial charge in [-0.15, -0.1) is 11.3 Å². The molecule has 2 heterocycles. The molecule has 0 fully saturated rings. The third-order valence-electron chi connectivity index (χ3n) is 4.76. The highest BCUT2D eigenvalue weighted by atomic mass is 32.1. The van der Waals surface area contributed by atoms with Gasteiger partial charge in [-0.3, -0.25) is 9.59 Å². The number of fused-ring (bicyclic) bond motifs is 1. The zero-order valence-corrected chi connectivity index (χ0v) is 18.4. The zero-order valence-electron chi connectivity index (χ0n) is 17.5.